The van der Waals surface area contributed by atoms with E-state index in [1.807, 2.05) is 24.3 Å². The molecule has 33 heavy (non-hydrogen) atoms. The predicted molar refractivity (Wildman–Crippen MR) is 125 cm³/mol. The molecule has 10 nitrogen and oxygen atoms in total. The number of ether oxygens (including phenoxy) is 1. The van der Waals surface area contributed by atoms with Gasteiger partial charge in [-0.05, 0) is 42.5 Å². The number of para-hydroxylation sites is 1. The van der Waals surface area contributed by atoms with Crippen molar-refractivity contribution in [1.82, 2.24) is 19.9 Å². The molecule has 1 saturated heterocycles. The Labute approximate surface area is 190 Å². The van der Waals surface area contributed by atoms with E-state index >= 15 is 0 Å². The molecule has 0 amide bonds. The summed E-state index contributed by atoms with van der Waals surface area (Å²) in [5.41, 5.74) is 1.48. The molecule has 0 atom stereocenters. The number of hydrogen-bond donors (Lipinski definition) is 2. The largest absolute Gasteiger partial charge is 0.378 e. The van der Waals surface area contributed by atoms with Gasteiger partial charge in [0.1, 0.15) is 5.82 Å². The Kier molecular flexibility index (Phi) is 5.71. The lowest BCUT2D eigenvalue weighted by Crippen LogP contribution is -2.37. The van der Waals surface area contributed by atoms with E-state index in [-0.39, 0.29) is 10.8 Å². The summed E-state index contributed by atoms with van der Waals surface area (Å²) in [6, 6.07) is 15.8. The Balaban J connectivity index is 1.39. The lowest BCUT2D eigenvalue weighted by Gasteiger charge is -2.29. The highest BCUT2D eigenvalue weighted by Gasteiger charge is 2.18. The molecule has 0 aliphatic carbocycles. The molecule has 2 aromatic heterocycles. The second-order valence-corrected chi connectivity index (χ2v) is 9.00. The number of morpholine rings is 1. The van der Waals surface area contributed by atoms with Gasteiger partial charge in [0.05, 0.1) is 23.6 Å². The minimum Gasteiger partial charge on any atom is -0.378 e. The first-order valence-corrected chi connectivity index (χ1v) is 11.8. The number of nitrogens with one attached hydrogen (secondary N) is 2. The number of nitrogens with zero attached hydrogens (tertiary/aromatic N) is 5. The minimum atomic E-state index is -3.81. The zero-order chi connectivity index (χ0) is 22.7. The van der Waals surface area contributed by atoms with Crippen LogP contribution in [0.2, 0.25) is 0 Å². The molecule has 4 aromatic rings. The van der Waals surface area contributed by atoms with Gasteiger partial charge in [-0.25, -0.2) is 28.1 Å². The standard InChI is InChI=1S/C22H21N7O3S/c30-33(31,28-21-23-10-3-11-24-21)17-8-6-16(7-9-17)25-22-26-19-5-2-1-4-18(19)20(27-22)29-12-14-32-15-13-29/h1-11H,12-15H2,(H,23,24,28)(H,25,26,27). The number of hydrogen-bond acceptors (Lipinski definition) is 9. The maximum atomic E-state index is 12.6. The molecule has 168 valence electrons. The summed E-state index contributed by atoms with van der Waals surface area (Å²) in [6.07, 6.45) is 2.93. The molecular formula is C22H21N7O3S. The third-order valence-corrected chi connectivity index (χ3v) is 6.45. The van der Waals surface area contributed by atoms with Crippen LogP contribution in [0.4, 0.5) is 23.4 Å². The first-order chi connectivity index (χ1) is 16.1. The molecule has 2 N–H and O–H groups in total. The van der Waals surface area contributed by atoms with E-state index < -0.39 is 10.0 Å². The zero-order valence-electron chi connectivity index (χ0n) is 17.5. The Morgan fingerprint density at radius 3 is 2.33 bits per heavy atom. The van der Waals surface area contributed by atoms with Crippen LogP contribution in [-0.4, -0.2) is 54.7 Å². The van der Waals surface area contributed by atoms with Crippen molar-refractivity contribution in [3.63, 3.8) is 0 Å². The highest BCUT2D eigenvalue weighted by Crippen LogP contribution is 2.27. The number of anilines is 4. The first-order valence-electron chi connectivity index (χ1n) is 10.3. The highest BCUT2D eigenvalue weighted by atomic mass is 32.2. The molecule has 0 radical (unpaired) electrons. The maximum Gasteiger partial charge on any atom is 0.264 e. The van der Waals surface area contributed by atoms with Gasteiger partial charge in [-0.1, -0.05) is 12.1 Å². The second kappa shape index (κ2) is 8.96. The van der Waals surface area contributed by atoms with Crippen LogP contribution in [0.15, 0.2) is 71.9 Å². The van der Waals surface area contributed by atoms with Gasteiger partial charge < -0.3 is 15.0 Å². The average Bonchev–Trinajstić information content (AvgIpc) is 2.85. The van der Waals surface area contributed by atoms with E-state index in [0.717, 1.165) is 29.8 Å². The van der Waals surface area contributed by atoms with Crippen LogP contribution in [-0.2, 0) is 14.8 Å². The zero-order valence-corrected chi connectivity index (χ0v) is 18.4. The lowest BCUT2D eigenvalue weighted by molar-refractivity contribution is 0.122. The van der Waals surface area contributed by atoms with Crippen molar-refractivity contribution in [2.75, 3.05) is 41.2 Å². The molecule has 5 rings (SSSR count). The number of aromatic nitrogens is 4. The Morgan fingerprint density at radius 1 is 0.848 bits per heavy atom. The summed E-state index contributed by atoms with van der Waals surface area (Å²) in [6.45, 7) is 2.81. The van der Waals surface area contributed by atoms with Crippen LogP contribution >= 0.6 is 0 Å². The van der Waals surface area contributed by atoms with Crippen molar-refractivity contribution < 1.29 is 13.2 Å². The summed E-state index contributed by atoms with van der Waals surface area (Å²) in [5, 5.41) is 4.16. The first kappa shape index (κ1) is 21.0. The normalized spacial score (nSPS) is 14.2. The van der Waals surface area contributed by atoms with Gasteiger partial charge >= 0.3 is 0 Å². The van der Waals surface area contributed by atoms with E-state index in [2.05, 4.69) is 29.9 Å². The van der Waals surface area contributed by atoms with Gasteiger partial charge in [-0.15, -0.1) is 0 Å². The second-order valence-electron chi connectivity index (χ2n) is 7.31. The van der Waals surface area contributed by atoms with Crippen LogP contribution in [0.3, 0.4) is 0 Å². The molecule has 11 heteroatoms. The summed E-state index contributed by atoms with van der Waals surface area (Å²) in [5.74, 6) is 1.29. The topological polar surface area (TPSA) is 122 Å². The SMILES string of the molecule is O=S(=O)(Nc1ncccn1)c1ccc(Nc2nc(N3CCOCC3)c3ccccc3n2)cc1. The van der Waals surface area contributed by atoms with Crippen LogP contribution in [0.25, 0.3) is 10.9 Å². The Bertz CT molecular complexity index is 1360. The van der Waals surface area contributed by atoms with Crippen molar-refractivity contribution in [3.05, 3.63) is 67.0 Å². The van der Waals surface area contributed by atoms with Crippen LogP contribution in [0.1, 0.15) is 0 Å². The Hall–Kier alpha value is -3.83. The van der Waals surface area contributed by atoms with Crippen LogP contribution < -0.4 is 14.9 Å². The maximum absolute atomic E-state index is 12.6. The summed E-state index contributed by atoms with van der Waals surface area (Å²) in [4.78, 5) is 19.4. The molecule has 2 aromatic carbocycles. The van der Waals surface area contributed by atoms with Gasteiger partial charge in [-0.2, -0.15) is 4.98 Å². The van der Waals surface area contributed by atoms with E-state index in [1.54, 1.807) is 18.2 Å². The fraction of sp³-hybridized carbons (Fsp3) is 0.182. The molecule has 0 bridgehead atoms. The average molecular weight is 464 g/mol. The van der Waals surface area contributed by atoms with E-state index in [9.17, 15) is 8.42 Å². The third-order valence-electron chi connectivity index (χ3n) is 5.11. The molecule has 3 heterocycles. The smallest absolute Gasteiger partial charge is 0.264 e. The highest BCUT2D eigenvalue weighted by molar-refractivity contribution is 7.92. The van der Waals surface area contributed by atoms with E-state index in [4.69, 9.17) is 9.72 Å². The monoisotopic (exact) mass is 463 g/mol. The van der Waals surface area contributed by atoms with Crippen LogP contribution in [0.5, 0.6) is 0 Å². The fourth-order valence-electron chi connectivity index (χ4n) is 3.51. The van der Waals surface area contributed by atoms with E-state index in [1.165, 1.54) is 24.5 Å². The number of rotatable bonds is 6. The minimum absolute atomic E-state index is 0.0138. The van der Waals surface area contributed by atoms with Gasteiger partial charge in [0, 0.05) is 36.6 Å². The lowest BCUT2D eigenvalue weighted by atomic mass is 10.2. The summed E-state index contributed by atoms with van der Waals surface area (Å²) < 4.78 is 33.0. The summed E-state index contributed by atoms with van der Waals surface area (Å²) >= 11 is 0. The molecular weight excluding hydrogens is 442 g/mol. The molecule has 0 unspecified atom stereocenters. The van der Waals surface area contributed by atoms with Crippen molar-refractivity contribution in [2.45, 2.75) is 4.90 Å². The van der Waals surface area contributed by atoms with Crippen LogP contribution in [0, 0.1) is 0 Å². The molecule has 0 saturated carbocycles. The van der Waals surface area contributed by atoms with Gasteiger partial charge in [0.25, 0.3) is 10.0 Å². The van der Waals surface area contributed by atoms with Crippen molar-refractivity contribution in [1.29, 1.82) is 0 Å². The predicted octanol–water partition coefficient (Wildman–Crippen LogP) is 2.80. The molecule has 1 aliphatic rings. The quantitative estimate of drug-likeness (QED) is 0.444. The Morgan fingerprint density at radius 2 is 1.58 bits per heavy atom. The van der Waals surface area contributed by atoms with E-state index in [0.29, 0.717) is 24.8 Å². The van der Waals surface area contributed by atoms with Crippen molar-refractivity contribution >= 4 is 44.3 Å². The van der Waals surface area contributed by atoms with Gasteiger partial charge in [0.15, 0.2) is 0 Å². The number of sulfonamides is 1. The van der Waals surface area contributed by atoms with Gasteiger partial charge in [-0.3, -0.25) is 0 Å². The number of benzene rings is 2. The third kappa shape index (κ3) is 4.69. The summed E-state index contributed by atoms with van der Waals surface area (Å²) in [7, 11) is -3.81. The molecule has 0 spiro atoms. The van der Waals surface area contributed by atoms with Crippen molar-refractivity contribution in [3.8, 4) is 0 Å². The fourth-order valence-corrected chi connectivity index (χ4v) is 4.47. The molecule has 1 aliphatic heterocycles. The van der Waals surface area contributed by atoms with Gasteiger partial charge in [0.2, 0.25) is 11.9 Å². The molecule has 1 fully saturated rings. The van der Waals surface area contributed by atoms with Crippen molar-refractivity contribution in [2.24, 2.45) is 0 Å². The number of fused-ring (bicyclic) bond motifs is 1.